The van der Waals surface area contributed by atoms with Crippen LogP contribution in [-0.2, 0) is 9.53 Å². The average Bonchev–Trinajstić information content (AvgIpc) is 3.01. The lowest BCUT2D eigenvalue weighted by atomic mass is 9.83. The van der Waals surface area contributed by atoms with Gasteiger partial charge in [0.2, 0.25) is 5.91 Å². The van der Waals surface area contributed by atoms with E-state index in [-0.39, 0.29) is 35.7 Å². The maximum absolute atomic E-state index is 14.8. The summed E-state index contributed by atoms with van der Waals surface area (Å²) in [5, 5.41) is 3.34. The Labute approximate surface area is 173 Å². The molecule has 29 heavy (non-hydrogen) atoms. The third-order valence-electron chi connectivity index (χ3n) is 5.46. The second-order valence-electron chi connectivity index (χ2n) is 8.08. The van der Waals surface area contributed by atoms with Gasteiger partial charge in [0, 0.05) is 13.0 Å². The van der Waals surface area contributed by atoms with Crippen molar-refractivity contribution in [3.05, 3.63) is 17.9 Å². The first kappa shape index (κ1) is 20.3. The van der Waals surface area contributed by atoms with Crippen LogP contribution in [0.3, 0.4) is 0 Å². The van der Waals surface area contributed by atoms with Crippen LogP contribution in [0.2, 0.25) is 0 Å². The second-order valence-corrected chi connectivity index (χ2v) is 9.04. The number of amides is 1. The Kier molecular flexibility index (Phi) is 6.20. The molecule has 1 aromatic carbocycles. The summed E-state index contributed by atoms with van der Waals surface area (Å²) >= 11 is 1.25. The fraction of sp³-hybridized carbons (Fsp3) is 0.619. The molecule has 8 heteroatoms. The molecule has 0 spiro atoms. The lowest BCUT2D eigenvalue weighted by Crippen LogP contribution is -2.40. The first-order valence-corrected chi connectivity index (χ1v) is 11.1. The SMILES string of the molecule is CC(=O)N[C@@H](C)COC1CC(COc2ccc3nc(OC4CCC4)sc3c2F)C1. The van der Waals surface area contributed by atoms with Crippen LogP contribution in [0.4, 0.5) is 4.39 Å². The smallest absolute Gasteiger partial charge is 0.274 e. The number of hydrogen-bond acceptors (Lipinski definition) is 6. The molecule has 1 N–H and O–H groups in total. The number of nitrogens with one attached hydrogen (secondary N) is 1. The van der Waals surface area contributed by atoms with Crippen LogP contribution in [0.25, 0.3) is 10.2 Å². The molecule has 2 aliphatic rings. The molecule has 4 rings (SSSR count). The standard InChI is InChI=1S/C21H27FN2O4S/c1-12(23-13(2)25)10-26-16-8-14(9-16)11-27-18-7-6-17-20(19(18)22)29-21(24-17)28-15-4-3-5-15/h6-7,12,14-16H,3-5,8-11H2,1-2H3,(H,23,25)/t12-,14?,16?/m0/s1. The summed E-state index contributed by atoms with van der Waals surface area (Å²) in [5.41, 5.74) is 0.611. The fourth-order valence-electron chi connectivity index (χ4n) is 3.54. The largest absolute Gasteiger partial charge is 0.490 e. The number of hydrogen-bond donors (Lipinski definition) is 1. The summed E-state index contributed by atoms with van der Waals surface area (Å²) in [6.07, 6.45) is 5.45. The van der Waals surface area contributed by atoms with E-state index in [1.807, 2.05) is 6.92 Å². The minimum atomic E-state index is -0.361. The highest BCUT2D eigenvalue weighted by atomic mass is 32.1. The van der Waals surface area contributed by atoms with Gasteiger partial charge in [0.05, 0.1) is 29.5 Å². The number of carbonyl (C=O) groups is 1. The lowest BCUT2D eigenvalue weighted by Gasteiger charge is -2.35. The molecule has 6 nitrogen and oxygen atoms in total. The topological polar surface area (TPSA) is 69.7 Å². The monoisotopic (exact) mass is 422 g/mol. The van der Waals surface area contributed by atoms with Crippen LogP contribution < -0.4 is 14.8 Å². The molecule has 1 amide bonds. The second kappa shape index (κ2) is 8.83. The highest BCUT2D eigenvalue weighted by Gasteiger charge is 2.31. The van der Waals surface area contributed by atoms with Gasteiger partial charge in [0.15, 0.2) is 11.6 Å². The Morgan fingerprint density at radius 3 is 2.83 bits per heavy atom. The first-order chi connectivity index (χ1) is 14.0. The molecule has 2 aliphatic carbocycles. The van der Waals surface area contributed by atoms with Crippen molar-refractivity contribution in [2.45, 2.75) is 64.2 Å². The van der Waals surface area contributed by atoms with Crippen molar-refractivity contribution in [1.29, 1.82) is 0 Å². The van der Waals surface area contributed by atoms with E-state index in [9.17, 15) is 9.18 Å². The van der Waals surface area contributed by atoms with E-state index in [2.05, 4.69) is 10.3 Å². The molecule has 0 aliphatic heterocycles. The van der Waals surface area contributed by atoms with Gasteiger partial charge in [-0.15, -0.1) is 0 Å². The van der Waals surface area contributed by atoms with Crippen molar-refractivity contribution in [1.82, 2.24) is 10.3 Å². The van der Waals surface area contributed by atoms with E-state index in [4.69, 9.17) is 14.2 Å². The Morgan fingerprint density at radius 2 is 2.14 bits per heavy atom. The molecular formula is C21H27FN2O4S. The van der Waals surface area contributed by atoms with Gasteiger partial charge in [-0.25, -0.2) is 9.37 Å². The van der Waals surface area contributed by atoms with E-state index in [0.717, 1.165) is 25.7 Å². The summed E-state index contributed by atoms with van der Waals surface area (Å²) < 4.78 is 32.6. The molecule has 0 unspecified atom stereocenters. The molecule has 2 saturated carbocycles. The fourth-order valence-corrected chi connectivity index (χ4v) is 4.45. The maximum atomic E-state index is 14.8. The third-order valence-corrected chi connectivity index (χ3v) is 6.41. The lowest BCUT2D eigenvalue weighted by molar-refractivity contribution is -0.120. The quantitative estimate of drug-likeness (QED) is 0.660. The maximum Gasteiger partial charge on any atom is 0.274 e. The number of rotatable bonds is 9. The molecule has 2 fully saturated rings. The summed E-state index contributed by atoms with van der Waals surface area (Å²) in [7, 11) is 0. The zero-order valence-electron chi connectivity index (χ0n) is 16.8. The number of halogens is 1. The Morgan fingerprint density at radius 1 is 1.34 bits per heavy atom. The Hall–Kier alpha value is -1.93. The highest BCUT2D eigenvalue weighted by Crippen LogP contribution is 2.37. The number of ether oxygens (including phenoxy) is 3. The summed E-state index contributed by atoms with van der Waals surface area (Å²) in [6, 6.07) is 3.43. The van der Waals surface area contributed by atoms with Crippen molar-refractivity contribution < 1.29 is 23.4 Å². The number of carbonyl (C=O) groups excluding carboxylic acids is 1. The van der Waals surface area contributed by atoms with Crippen LogP contribution in [0.5, 0.6) is 10.9 Å². The normalized spacial score (nSPS) is 22.6. The molecule has 0 radical (unpaired) electrons. The molecule has 1 atom stereocenters. The van der Waals surface area contributed by atoms with Crippen molar-refractivity contribution in [2.75, 3.05) is 13.2 Å². The van der Waals surface area contributed by atoms with Crippen molar-refractivity contribution in [3.63, 3.8) is 0 Å². The highest BCUT2D eigenvalue weighted by molar-refractivity contribution is 7.20. The number of thiazole rings is 1. The van der Waals surface area contributed by atoms with E-state index in [0.29, 0.717) is 34.5 Å². The van der Waals surface area contributed by atoms with E-state index in [1.165, 1.54) is 24.7 Å². The summed E-state index contributed by atoms with van der Waals surface area (Å²) in [5.74, 6) is 0.201. The van der Waals surface area contributed by atoms with Crippen molar-refractivity contribution in [3.8, 4) is 10.9 Å². The Balaban J connectivity index is 1.24. The number of benzene rings is 1. The van der Waals surface area contributed by atoms with E-state index >= 15 is 0 Å². The zero-order chi connectivity index (χ0) is 20.4. The van der Waals surface area contributed by atoms with Crippen LogP contribution in [0, 0.1) is 11.7 Å². The minimum absolute atomic E-state index is 0.00110. The van der Waals surface area contributed by atoms with Crippen LogP contribution >= 0.6 is 11.3 Å². The predicted molar refractivity (Wildman–Crippen MR) is 109 cm³/mol. The van der Waals surface area contributed by atoms with Gasteiger partial charge in [0.1, 0.15) is 6.10 Å². The number of nitrogens with zero attached hydrogens (tertiary/aromatic N) is 1. The van der Waals surface area contributed by atoms with Crippen molar-refractivity contribution >= 4 is 27.5 Å². The van der Waals surface area contributed by atoms with Crippen molar-refractivity contribution in [2.24, 2.45) is 5.92 Å². The van der Waals surface area contributed by atoms with Gasteiger partial charge in [-0.2, -0.15) is 0 Å². The van der Waals surface area contributed by atoms with Gasteiger partial charge < -0.3 is 19.5 Å². The number of fused-ring (bicyclic) bond motifs is 1. The van der Waals surface area contributed by atoms with Crippen LogP contribution in [0.15, 0.2) is 12.1 Å². The van der Waals surface area contributed by atoms with Gasteiger partial charge in [0.25, 0.3) is 5.19 Å². The molecule has 1 heterocycles. The molecular weight excluding hydrogens is 395 g/mol. The van der Waals surface area contributed by atoms with Crippen LogP contribution in [-0.4, -0.2) is 42.4 Å². The molecule has 0 bridgehead atoms. The molecule has 158 valence electrons. The first-order valence-electron chi connectivity index (χ1n) is 10.2. The number of aromatic nitrogens is 1. The van der Waals surface area contributed by atoms with E-state index in [1.54, 1.807) is 12.1 Å². The summed E-state index contributed by atoms with van der Waals surface area (Å²) in [6.45, 7) is 4.38. The van der Waals surface area contributed by atoms with Gasteiger partial charge in [-0.05, 0) is 57.1 Å². The zero-order valence-corrected chi connectivity index (χ0v) is 17.6. The predicted octanol–water partition coefficient (Wildman–Crippen LogP) is 4.07. The van der Waals surface area contributed by atoms with Gasteiger partial charge in [-0.1, -0.05) is 11.3 Å². The summed E-state index contributed by atoms with van der Waals surface area (Å²) in [4.78, 5) is 15.4. The Bertz CT molecular complexity index is 864. The van der Waals surface area contributed by atoms with E-state index < -0.39 is 0 Å². The van der Waals surface area contributed by atoms with Crippen LogP contribution in [0.1, 0.15) is 46.0 Å². The molecule has 0 saturated heterocycles. The van der Waals surface area contributed by atoms with Gasteiger partial charge >= 0.3 is 0 Å². The molecule has 2 aromatic rings. The minimum Gasteiger partial charge on any atom is -0.490 e. The third kappa shape index (κ3) is 4.98. The average molecular weight is 423 g/mol. The molecule has 1 aromatic heterocycles. The van der Waals surface area contributed by atoms with Gasteiger partial charge in [-0.3, -0.25) is 4.79 Å².